The normalized spacial score (nSPS) is 11.4. The number of pyridine rings is 1. The van der Waals surface area contributed by atoms with E-state index in [9.17, 15) is 4.79 Å². The number of carbonyl (C=O) groups is 1. The fourth-order valence-electron chi connectivity index (χ4n) is 1.67. The van der Waals surface area contributed by atoms with Gasteiger partial charge in [-0.2, -0.15) is 4.98 Å². The molecule has 0 atom stereocenters. The Morgan fingerprint density at radius 1 is 1.43 bits per heavy atom. The van der Waals surface area contributed by atoms with Crippen LogP contribution in [0.5, 0.6) is 0 Å². The summed E-state index contributed by atoms with van der Waals surface area (Å²) in [5.41, 5.74) is 0.526. The molecule has 7 heteroatoms. The quantitative estimate of drug-likeness (QED) is 0.874. The highest BCUT2D eigenvalue weighted by molar-refractivity contribution is 8.00. The molecule has 2 aromatic rings. The first-order chi connectivity index (χ1) is 9.85. The van der Waals surface area contributed by atoms with Gasteiger partial charge in [-0.1, -0.05) is 16.9 Å². The number of rotatable bonds is 4. The molecule has 0 unspecified atom stereocenters. The van der Waals surface area contributed by atoms with E-state index in [1.165, 1.54) is 11.8 Å². The van der Waals surface area contributed by atoms with Crippen molar-refractivity contribution in [3.8, 4) is 11.4 Å². The molecule has 112 valence electrons. The molecule has 2 rings (SSSR count). The van der Waals surface area contributed by atoms with Crippen LogP contribution in [0.2, 0.25) is 0 Å². The topological polar surface area (TPSA) is 80.9 Å². The van der Waals surface area contributed by atoms with Crippen molar-refractivity contribution in [1.29, 1.82) is 0 Å². The summed E-state index contributed by atoms with van der Waals surface area (Å²) in [6.07, 6.45) is 1.68. The molecule has 2 aromatic heterocycles. The predicted molar refractivity (Wildman–Crippen MR) is 80.9 cm³/mol. The molecular weight excluding hydrogens is 288 g/mol. The van der Waals surface area contributed by atoms with Gasteiger partial charge in [0, 0.05) is 18.7 Å². The second kappa shape index (κ2) is 6.26. The SMILES string of the molecule is Cc1nc(-c2cccnc2SCC(=O)NC(C)(C)C)no1. The van der Waals surface area contributed by atoms with E-state index in [1.54, 1.807) is 19.2 Å². The van der Waals surface area contributed by atoms with E-state index >= 15 is 0 Å². The van der Waals surface area contributed by atoms with E-state index in [-0.39, 0.29) is 17.2 Å². The predicted octanol–water partition coefficient (Wildman–Crippen LogP) is 2.45. The maximum Gasteiger partial charge on any atom is 0.230 e. The molecule has 1 amide bonds. The summed E-state index contributed by atoms with van der Waals surface area (Å²) in [7, 11) is 0. The van der Waals surface area contributed by atoms with Crippen LogP contribution in [0.4, 0.5) is 0 Å². The Morgan fingerprint density at radius 3 is 2.81 bits per heavy atom. The van der Waals surface area contributed by atoms with Crippen LogP contribution in [0.3, 0.4) is 0 Å². The number of aromatic nitrogens is 3. The van der Waals surface area contributed by atoms with Crippen LogP contribution in [0.15, 0.2) is 27.9 Å². The maximum atomic E-state index is 11.9. The van der Waals surface area contributed by atoms with E-state index in [0.29, 0.717) is 16.7 Å². The molecule has 21 heavy (non-hydrogen) atoms. The molecule has 0 aliphatic heterocycles. The van der Waals surface area contributed by atoms with Crippen LogP contribution >= 0.6 is 11.8 Å². The number of aryl methyl sites for hydroxylation is 1. The number of amides is 1. The third kappa shape index (κ3) is 4.56. The zero-order valence-corrected chi connectivity index (χ0v) is 13.3. The van der Waals surface area contributed by atoms with Crippen molar-refractivity contribution in [3.63, 3.8) is 0 Å². The average Bonchev–Trinajstić information content (AvgIpc) is 2.81. The molecule has 0 bridgehead atoms. The maximum absolute atomic E-state index is 11.9. The molecule has 0 saturated heterocycles. The summed E-state index contributed by atoms with van der Waals surface area (Å²) in [5, 5.41) is 7.52. The zero-order valence-electron chi connectivity index (χ0n) is 12.5. The minimum atomic E-state index is -0.241. The van der Waals surface area contributed by atoms with Crippen LogP contribution in [0.1, 0.15) is 26.7 Å². The van der Waals surface area contributed by atoms with Gasteiger partial charge in [0.25, 0.3) is 0 Å². The van der Waals surface area contributed by atoms with Gasteiger partial charge in [-0.15, -0.1) is 0 Å². The third-order valence-electron chi connectivity index (χ3n) is 2.39. The van der Waals surface area contributed by atoms with E-state index in [1.807, 2.05) is 26.8 Å². The number of hydrogen-bond donors (Lipinski definition) is 1. The smallest absolute Gasteiger partial charge is 0.230 e. The van der Waals surface area contributed by atoms with Crippen molar-refractivity contribution in [2.24, 2.45) is 0 Å². The highest BCUT2D eigenvalue weighted by Gasteiger charge is 2.16. The summed E-state index contributed by atoms with van der Waals surface area (Å²) in [6, 6.07) is 3.67. The Morgan fingerprint density at radius 2 is 2.19 bits per heavy atom. The Balaban J connectivity index is 2.09. The number of nitrogens with zero attached hydrogens (tertiary/aromatic N) is 3. The number of nitrogens with one attached hydrogen (secondary N) is 1. The Bertz CT molecular complexity index is 634. The van der Waals surface area contributed by atoms with E-state index in [2.05, 4.69) is 20.4 Å². The summed E-state index contributed by atoms with van der Waals surface area (Å²) in [5.74, 6) is 1.24. The second-order valence-electron chi connectivity index (χ2n) is 5.58. The molecule has 0 radical (unpaired) electrons. The fraction of sp³-hybridized carbons (Fsp3) is 0.429. The van der Waals surface area contributed by atoms with Crippen molar-refractivity contribution < 1.29 is 9.32 Å². The van der Waals surface area contributed by atoms with E-state index in [0.717, 1.165) is 5.56 Å². The monoisotopic (exact) mass is 306 g/mol. The summed E-state index contributed by atoms with van der Waals surface area (Å²) < 4.78 is 4.99. The number of thioether (sulfide) groups is 1. The van der Waals surface area contributed by atoms with Crippen LogP contribution in [0.25, 0.3) is 11.4 Å². The molecular formula is C14H18N4O2S. The lowest BCUT2D eigenvalue weighted by molar-refractivity contribution is -0.119. The third-order valence-corrected chi connectivity index (χ3v) is 3.40. The summed E-state index contributed by atoms with van der Waals surface area (Å²) in [6.45, 7) is 7.58. The van der Waals surface area contributed by atoms with Gasteiger partial charge in [-0.05, 0) is 32.9 Å². The van der Waals surface area contributed by atoms with Gasteiger partial charge in [-0.3, -0.25) is 4.79 Å². The number of carbonyl (C=O) groups excluding carboxylic acids is 1. The molecule has 0 aromatic carbocycles. The van der Waals surface area contributed by atoms with Gasteiger partial charge < -0.3 is 9.84 Å². The van der Waals surface area contributed by atoms with Gasteiger partial charge in [0.2, 0.25) is 17.6 Å². The van der Waals surface area contributed by atoms with Crippen LogP contribution in [-0.2, 0) is 4.79 Å². The van der Waals surface area contributed by atoms with Gasteiger partial charge in [-0.25, -0.2) is 4.98 Å². The molecule has 2 heterocycles. The highest BCUT2D eigenvalue weighted by atomic mass is 32.2. The Hall–Kier alpha value is -1.89. The highest BCUT2D eigenvalue weighted by Crippen LogP contribution is 2.27. The zero-order chi connectivity index (χ0) is 15.5. The molecule has 0 aliphatic carbocycles. The minimum Gasteiger partial charge on any atom is -0.351 e. The lowest BCUT2D eigenvalue weighted by Gasteiger charge is -2.20. The summed E-state index contributed by atoms with van der Waals surface area (Å²) in [4.78, 5) is 20.4. The van der Waals surface area contributed by atoms with Crippen LogP contribution < -0.4 is 5.32 Å². The van der Waals surface area contributed by atoms with Crippen molar-refractivity contribution in [2.75, 3.05) is 5.75 Å². The Labute approximate surface area is 127 Å². The van der Waals surface area contributed by atoms with Gasteiger partial charge in [0.15, 0.2) is 0 Å². The summed E-state index contributed by atoms with van der Waals surface area (Å²) >= 11 is 1.36. The molecule has 0 aliphatic rings. The van der Waals surface area contributed by atoms with Crippen LogP contribution in [-0.4, -0.2) is 32.3 Å². The first kappa shape index (κ1) is 15.5. The van der Waals surface area contributed by atoms with E-state index < -0.39 is 0 Å². The minimum absolute atomic E-state index is 0.0339. The second-order valence-corrected chi connectivity index (χ2v) is 6.54. The first-order valence-corrected chi connectivity index (χ1v) is 7.53. The Kier molecular flexibility index (Phi) is 4.62. The number of hydrogen-bond acceptors (Lipinski definition) is 6. The standard InChI is InChI=1S/C14H18N4O2S/c1-9-16-12(18-20-9)10-6-5-7-15-13(10)21-8-11(19)17-14(2,3)4/h5-7H,8H2,1-4H3,(H,17,19). The lowest BCUT2D eigenvalue weighted by atomic mass is 10.1. The molecule has 0 spiro atoms. The average molecular weight is 306 g/mol. The lowest BCUT2D eigenvalue weighted by Crippen LogP contribution is -2.41. The molecule has 1 N–H and O–H groups in total. The largest absolute Gasteiger partial charge is 0.351 e. The van der Waals surface area contributed by atoms with Crippen molar-refractivity contribution in [1.82, 2.24) is 20.4 Å². The van der Waals surface area contributed by atoms with Gasteiger partial charge in [0.05, 0.1) is 11.3 Å². The fourth-order valence-corrected chi connectivity index (χ4v) is 2.46. The first-order valence-electron chi connectivity index (χ1n) is 6.55. The van der Waals surface area contributed by atoms with Crippen molar-refractivity contribution in [3.05, 3.63) is 24.2 Å². The van der Waals surface area contributed by atoms with Gasteiger partial charge in [0.1, 0.15) is 5.03 Å². The van der Waals surface area contributed by atoms with Crippen molar-refractivity contribution >= 4 is 17.7 Å². The van der Waals surface area contributed by atoms with Gasteiger partial charge >= 0.3 is 0 Å². The van der Waals surface area contributed by atoms with Crippen molar-refractivity contribution in [2.45, 2.75) is 38.3 Å². The molecule has 6 nitrogen and oxygen atoms in total. The molecule has 0 fully saturated rings. The van der Waals surface area contributed by atoms with Crippen LogP contribution in [0, 0.1) is 6.92 Å². The van der Waals surface area contributed by atoms with E-state index in [4.69, 9.17) is 4.52 Å². The molecule has 0 saturated carbocycles.